The van der Waals surface area contributed by atoms with Gasteiger partial charge in [-0.2, -0.15) is 0 Å². The molecule has 0 radical (unpaired) electrons. The molecule has 0 amide bonds. The number of hydrogen-bond acceptors (Lipinski definition) is 4. The minimum Gasteiger partial charge on any atom is -0.480 e. The molecule has 1 aliphatic carbocycles. The van der Waals surface area contributed by atoms with Crippen LogP contribution in [-0.2, 0) is 10.2 Å². The van der Waals surface area contributed by atoms with E-state index in [0.717, 1.165) is 79.2 Å². The highest BCUT2D eigenvalue weighted by molar-refractivity contribution is 5.97. The number of nitrogens with zero attached hydrogens (tertiary/aromatic N) is 3. The maximum absolute atomic E-state index is 12.8. The lowest BCUT2D eigenvalue weighted by atomic mass is 9.74. The predicted molar refractivity (Wildman–Crippen MR) is 145 cm³/mol. The van der Waals surface area contributed by atoms with E-state index in [9.17, 15) is 9.90 Å². The molecule has 182 valence electrons. The Kier molecular flexibility index (Phi) is 5.94. The molecule has 1 saturated heterocycles. The van der Waals surface area contributed by atoms with Gasteiger partial charge in [0.25, 0.3) is 0 Å². The fourth-order valence-corrected chi connectivity index (χ4v) is 6.09. The number of anilines is 1. The Hall–Kier alpha value is -3.70. The molecule has 5 nitrogen and oxygen atoms in total. The van der Waals surface area contributed by atoms with Crippen molar-refractivity contribution in [1.29, 1.82) is 0 Å². The second-order valence-electron chi connectivity index (χ2n) is 9.95. The minimum atomic E-state index is -0.951. The lowest BCUT2D eigenvalue weighted by Crippen LogP contribution is -2.47. The van der Waals surface area contributed by atoms with E-state index >= 15 is 0 Å². The summed E-state index contributed by atoms with van der Waals surface area (Å²) in [6, 6.07) is 28.6. The Morgan fingerprint density at radius 2 is 1.42 bits per heavy atom. The topological polar surface area (TPSA) is 56.7 Å². The Morgan fingerprint density at radius 1 is 0.778 bits per heavy atom. The number of pyridine rings is 1. The molecule has 5 heteroatoms. The highest BCUT2D eigenvalue weighted by Gasteiger charge is 2.48. The lowest BCUT2D eigenvalue weighted by molar-refractivity contribution is -0.142. The molecule has 1 aliphatic heterocycles. The van der Waals surface area contributed by atoms with Crippen molar-refractivity contribution in [3.8, 4) is 11.1 Å². The quantitative estimate of drug-likeness (QED) is 0.352. The number of piperazine rings is 1. The van der Waals surface area contributed by atoms with Gasteiger partial charge in [0.1, 0.15) is 11.2 Å². The van der Waals surface area contributed by atoms with Crippen LogP contribution in [0, 0.1) is 0 Å². The van der Waals surface area contributed by atoms with Gasteiger partial charge in [-0.15, -0.1) is 0 Å². The summed E-state index contributed by atoms with van der Waals surface area (Å²) >= 11 is 0. The van der Waals surface area contributed by atoms with Gasteiger partial charge >= 0.3 is 5.97 Å². The van der Waals surface area contributed by atoms with Crippen molar-refractivity contribution < 1.29 is 9.90 Å². The highest BCUT2D eigenvalue weighted by atomic mass is 16.4. The number of para-hydroxylation sites is 1. The van der Waals surface area contributed by atoms with E-state index < -0.39 is 11.4 Å². The molecular weight excluding hydrogens is 446 g/mol. The van der Waals surface area contributed by atoms with E-state index in [2.05, 4.69) is 46.2 Å². The summed E-state index contributed by atoms with van der Waals surface area (Å²) < 4.78 is 0. The molecule has 0 bridgehead atoms. The van der Waals surface area contributed by atoms with E-state index in [-0.39, 0.29) is 0 Å². The van der Waals surface area contributed by atoms with Crippen molar-refractivity contribution in [2.24, 2.45) is 0 Å². The number of unbranched alkanes of at least 4 members (excludes halogenated alkanes) is 1. The molecule has 0 saturated carbocycles. The van der Waals surface area contributed by atoms with E-state index in [1.165, 1.54) is 5.39 Å². The van der Waals surface area contributed by atoms with E-state index in [1.807, 2.05) is 48.5 Å². The predicted octanol–water partition coefficient (Wildman–Crippen LogP) is 5.58. The molecule has 1 N–H and O–H groups in total. The summed E-state index contributed by atoms with van der Waals surface area (Å²) in [6.45, 7) is 4.93. The van der Waals surface area contributed by atoms with Gasteiger partial charge in [-0.25, -0.2) is 4.98 Å². The van der Waals surface area contributed by atoms with Crippen LogP contribution < -0.4 is 4.90 Å². The van der Waals surface area contributed by atoms with Crippen LogP contribution in [0.2, 0.25) is 0 Å². The van der Waals surface area contributed by atoms with Crippen LogP contribution >= 0.6 is 0 Å². The molecule has 36 heavy (non-hydrogen) atoms. The van der Waals surface area contributed by atoms with Crippen molar-refractivity contribution in [3.63, 3.8) is 0 Å². The Morgan fingerprint density at radius 3 is 2.11 bits per heavy atom. The number of aliphatic carboxylic acids is 1. The number of fused-ring (bicyclic) bond motifs is 4. The van der Waals surface area contributed by atoms with Gasteiger partial charge in [0.2, 0.25) is 0 Å². The van der Waals surface area contributed by atoms with Crippen LogP contribution in [-0.4, -0.2) is 53.7 Å². The molecule has 0 spiro atoms. The average molecular weight is 478 g/mol. The van der Waals surface area contributed by atoms with Crippen LogP contribution in [0.4, 0.5) is 5.82 Å². The van der Waals surface area contributed by atoms with Crippen LogP contribution in [0.1, 0.15) is 30.4 Å². The maximum atomic E-state index is 12.8. The molecule has 4 aromatic rings. The van der Waals surface area contributed by atoms with Gasteiger partial charge in [-0.3, -0.25) is 9.69 Å². The first kappa shape index (κ1) is 22.7. The van der Waals surface area contributed by atoms with Crippen molar-refractivity contribution in [3.05, 3.63) is 96.1 Å². The van der Waals surface area contributed by atoms with Crippen LogP contribution in [0.5, 0.6) is 0 Å². The lowest BCUT2D eigenvalue weighted by Gasteiger charge is -2.35. The van der Waals surface area contributed by atoms with Crippen LogP contribution in [0.25, 0.3) is 22.0 Å². The first-order valence-electron chi connectivity index (χ1n) is 12.9. The summed E-state index contributed by atoms with van der Waals surface area (Å²) in [5.74, 6) is 0.312. The fourth-order valence-electron chi connectivity index (χ4n) is 6.09. The summed E-state index contributed by atoms with van der Waals surface area (Å²) in [5.41, 5.74) is 4.10. The SMILES string of the molecule is O=C(O)C1(CCCCN2CCN(c3ccc4ccccc4n3)CC2)c2ccccc2-c2ccccc21. The zero-order chi connectivity index (χ0) is 24.5. The summed E-state index contributed by atoms with van der Waals surface area (Å²) in [5, 5.41) is 11.7. The maximum Gasteiger partial charge on any atom is 0.318 e. The molecule has 1 fully saturated rings. The normalized spacial score (nSPS) is 16.6. The van der Waals surface area contributed by atoms with E-state index in [1.54, 1.807) is 0 Å². The van der Waals surface area contributed by atoms with Gasteiger partial charge < -0.3 is 10.0 Å². The third-order valence-corrected chi connectivity index (χ3v) is 7.99. The number of rotatable bonds is 7. The number of benzene rings is 3. The van der Waals surface area contributed by atoms with Gasteiger partial charge in [-0.1, -0.05) is 73.2 Å². The van der Waals surface area contributed by atoms with Gasteiger partial charge in [0.15, 0.2) is 0 Å². The number of aromatic nitrogens is 1. The van der Waals surface area contributed by atoms with Crippen molar-refractivity contribution in [1.82, 2.24) is 9.88 Å². The third-order valence-electron chi connectivity index (χ3n) is 7.99. The van der Waals surface area contributed by atoms with E-state index in [0.29, 0.717) is 6.42 Å². The third kappa shape index (κ3) is 3.84. The molecule has 6 rings (SSSR count). The number of carbonyl (C=O) groups is 1. The minimum absolute atomic E-state index is 0.622. The van der Waals surface area contributed by atoms with Gasteiger partial charge in [0, 0.05) is 31.6 Å². The molecule has 2 heterocycles. The monoisotopic (exact) mass is 477 g/mol. The molecular formula is C31H31N3O2. The molecule has 0 unspecified atom stereocenters. The standard InChI is InChI=1S/C31H31N3O2/c35-30(36)31(26-12-4-2-10-24(26)25-11-3-5-13-27(25)31)17-7-8-18-33-19-21-34(22-20-33)29-16-15-23-9-1-6-14-28(23)32-29/h1-6,9-16H,7-8,17-22H2,(H,35,36). The largest absolute Gasteiger partial charge is 0.480 e. The number of carboxylic acids is 1. The van der Waals surface area contributed by atoms with Crippen molar-refractivity contribution in [2.45, 2.75) is 24.7 Å². The summed E-state index contributed by atoms with van der Waals surface area (Å²) in [4.78, 5) is 22.5. The first-order chi connectivity index (χ1) is 17.7. The first-order valence-corrected chi connectivity index (χ1v) is 12.9. The Balaban J connectivity index is 1.08. The Labute approximate surface area is 212 Å². The zero-order valence-corrected chi connectivity index (χ0v) is 20.4. The summed E-state index contributed by atoms with van der Waals surface area (Å²) in [7, 11) is 0. The van der Waals surface area contributed by atoms with E-state index in [4.69, 9.17) is 4.98 Å². The van der Waals surface area contributed by atoms with Crippen LogP contribution in [0.15, 0.2) is 84.9 Å². The number of carboxylic acid groups (broad SMARTS) is 1. The second kappa shape index (κ2) is 9.40. The Bertz CT molecular complexity index is 1360. The average Bonchev–Trinajstić information content (AvgIpc) is 3.22. The second-order valence-corrected chi connectivity index (χ2v) is 9.95. The smallest absolute Gasteiger partial charge is 0.318 e. The van der Waals surface area contributed by atoms with Crippen LogP contribution in [0.3, 0.4) is 0 Å². The number of hydrogen-bond donors (Lipinski definition) is 1. The van der Waals surface area contributed by atoms with Crippen molar-refractivity contribution >= 4 is 22.7 Å². The molecule has 1 aromatic heterocycles. The summed E-state index contributed by atoms with van der Waals surface area (Å²) in [6.07, 6.45) is 2.49. The highest BCUT2D eigenvalue weighted by Crippen LogP contribution is 2.51. The molecule has 3 aromatic carbocycles. The van der Waals surface area contributed by atoms with Gasteiger partial charge in [-0.05, 0) is 59.8 Å². The molecule has 2 aliphatic rings. The zero-order valence-electron chi connectivity index (χ0n) is 20.4. The van der Waals surface area contributed by atoms with Gasteiger partial charge in [0.05, 0.1) is 5.52 Å². The fraction of sp³-hybridized carbons (Fsp3) is 0.290. The molecule has 0 atom stereocenters. The van der Waals surface area contributed by atoms with Crippen molar-refractivity contribution in [2.75, 3.05) is 37.6 Å².